The Morgan fingerprint density at radius 2 is 1.22 bits per heavy atom. The molecule has 0 rings (SSSR count). The molecule has 0 aromatic rings. The second-order valence-corrected chi connectivity index (χ2v) is 8.33. The molecule has 27 heavy (non-hydrogen) atoms. The molecule has 0 saturated heterocycles. The molecular weight excluding hydrogens is 336 g/mol. The van der Waals surface area contributed by atoms with E-state index in [0.717, 1.165) is 12.8 Å². The Balaban J connectivity index is 3.23. The van der Waals surface area contributed by atoms with Crippen molar-refractivity contribution in [3.05, 3.63) is 0 Å². The van der Waals surface area contributed by atoms with E-state index in [-0.39, 0.29) is 24.5 Å². The van der Waals surface area contributed by atoms with Gasteiger partial charge in [-0.2, -0.15) is 0 Å². The SMILES string of the molecule is CCCCCCCCCCCCCCCCCC(=O)NCC(C)[C@H](N)CO. The van der Waals surface area contributed by atoms with Crippen molar-refractivity contribution in [3.8, 4) is 0 Å². The first-order valence-electron chi connectivity index (χ1n) is 11.7. The molecule has 4 heteroatoms. The third-order valence-electron chi connectivity index (χ3n) is 5.57. The van der Waals surface area contributed by atoms with Gasteiger partial charge < -0.3 is 16.2 Å². The molecular formula is C23H48N2O2. The average molecular weight is 385 g/mol. The van der Waals surface area contributed by atoms with E-state index in [2.05, 4.69) is 12.2 Å². The fraction of sp³-hybridized carbons (Fsp3) is 0.957. The summed E-state index contributed by atoms with van der Waals surface area (Å²) in [5.41, 5.74) is 5.74. The monoisotopic (exact) mass is 384 g/mol. The molecule has 0 bridgehead atoms. The highest BCUT2D eigenvalue weighted by Gasteiger charge is 2.12. The van der Waals surface area contributed by atoms with E-state index in [1.165, 1.54) is 83.5 Å². The second-order valence-electron chi connectivity index (χ2n) is 8.33. The van der Waals surface area contributed by atoms with Gasteiger partial charge in [-0.15, -0.1) is 0 Å². The molecule has 0 aliphatic rings. The summed E-state index contributed by atoms with van der Waals surface area (Å²) in [4.78, 5) is 11.8. The van der Waals surface area contributed by atoms with Crippen LogP contribution in [0.4, 0.5) is 0 Å². The average Bonchev–Trinajstić information content (AvgIpc) is 2.68. The standard InChI is InChI=1S/C23H48N2O2/c1-3-4-5-6-7-8-9-10-11-12-13-14-15-16-17-18-23(27)25-19-21(2)22(24)20-26/h21-22,26H,3-20,24H2,1-2H3,(H,25,27)/t21?,22-/m1/s1. The first-order chi connectivity index (χ1) is 13.1. The molecule has 0 aromatic carbocycles. The van der Waals surface area contributed by atoms with Crippen LogP contribution in [0.2, 0.25) is 0 Å². The molecule has 0 fully saturated rings. The molecule has 2 atom stereocenters. The Morgan fingerprint density at radius 1 is 0.815 bits per heavy atom. The van der Waals surface area contributed by atoms with E-state index in [9.17, 15) is 4.79 Å². The van der Waals surface area contributed by atoms with Crippen LogP contribution in [-0.2, 0) is 4.79 Å². The molecule has 0 aromatic heterocycles. The molecule has 0 aliphatic carbocycles. The predicted molar refractivity (Wildman–Crippen MR) is 117 cm³/mol. The number of carbonyl (C=O) groups is 1. The van der Waals surface area contributed by atoms with E-state index in [1.54, 1.807) is 0 Å². The van der Waals surface area contributed by atoms with Gasteiger partial charge in [0.2, 0.25) is 5.91 Å². The van der Waals surface area contributed by atoms with Crippen LogP contribution < -0.4 is 11.1 Å². The van der Waals surface area contributed by atoms with Crippen LogP contribution in [0.25, 0.3) is 0 Å². The lowest BCUT2D eigenvalue weighted by Gasteiger charge is -2.17. The zero-order valence-electron chi connectivity index (χ0n) is 18.3. The number of nitrogens with one attached hydrogen (secondary N) is 1. The number of hydrogen-bond acceptors (Lipinski definition) is 3. The number of aliphatic hydroxyl groups excluding tert-OH is 1. The number of carbonyl (C=O) groups excluding carboxylic acids is 1. The van der Waals surface area contributed by atoms with Crippen LogP contribution in [0.5, 0.6) is 0 Å². The Bertz CT molecular complexity index is 324. The molecule has 0 radical (unpaired) electrons. The fourth-order valence-electron chi connectivity index (χ4n) is 3.35. The summed E-state index contributed by atoms with van der Waals surface area (Å²) in [5, 5.41) is 11.9. The van der Waals surface area contributed by atoms with Crippen LogP contribution in [-0.4, -0.2) is 30.2 Å². The Kier molecular flexibility index (Phi) is 19.7. The highest BCUT2D eigenvalue weighted by atomic mass is 16.3. The second kappa shape index (κ2) is 20.1. The van der Waals surface area contributed by atoms with E-state index < -0.39 is 0 Å². The maximum Gasteiger partial charge on any atom is 0.220 e. The quantitative estimate of drug-likeness (QED) is 0.249. The van der Waals surface area contributed by atoms with Crippen molar-refractivity contribution >= 4 is 5.91 Å². The van der Waals surface area contributed by atoms with E-state index >= 15 is 0 Å². The first kappa shape index (κ1) is 26.4. The zero-order chi connectivity index (χ0) is 20.2. The summed E-state index contributed by atoms with van der Waals surface area (Å²) in [6, 6.07) is -0.254. The summed E-state index contributed by atoms with van der Waals surface area (Å²) < 4.78 is 0. The largest absolute Gasteiger partial charge is 0.395 e. The highest BCUT2D eigenvalue weighted by molar-refractivity contribution is 5.75. The molecule has 0 saturated carbocycles. The maximum absolute atomic E-state index is 11.8. The van der Waals surface area contributed by atoms with E-state index in [0.29, 0.717) is 13.0 Å². The van der Waals surface area contributed by atoms with Gasteiger partial charge >= 0.3 is 0 Å². The van der Waals surface area contributed by atoms with Crippen molar-refractivity contribution in [1.29, 1.82) is 0 Å². The third kappa shape index (κ3) is 18.5. The van der Waals surface area contributed by atoms with Crippen LogP contribution >= 0.6 is 0 Å². The molecule has 162 valence electrons. The minimum Gasteiger partial charge on any atom is -0.395 e. The number of nitrogens with two attached hydrogens (primary N) is 1. The van der Waals surface area contributed by atoms with Gasteiger partial charge in [0.1, 0.15) is 0 Å². The van der Waals surface area contributed by atoms with Crippen LogP contribution in [0.1, 0.15) is 117 Å². The van der Waals surface area contributed by atoms with Crippen LogP contribution in [0, 0.1) is 5.92 Å². The van der Waals surface area contributed by atoms with Gasteiger partial charge in [-0.05, 0) is 12.3 Å². The van der Waals surface area contributed by atoms with Crippen molar-refractivity contribution in [2.45, 2.75) is 123 Å². The molecule has 0 heterocycles. The van der Waals surface area contributed by atoms with Gasteiger partial charge in [-0.3, -0.25) is 4.79 Å². The fourth-order valence-corrected chi connectivity index (χ4v) is 3.35. The van der Waals surface area contributed by atoms with E-state index in [1.807, 2.05) is 6.92 Å². The zero-order valence-corrected chi connectivity index (χ0v) is 18.3. The smallest absolute Gasteiger partial charge is 0.220 e. The van der Waals surface area contributed by atoms with Crippen LogP contribution in [0.3, 0.4) is 0 Å². The molecule has 4 nitrogen and oxygen atoms in total. The number of hydrogen-bond donors (Lipinski definition) is 3. The normalized spacial score (nSPS) is 13.5. The minimum atomic E-state index is -0.254. The van der Waals surface area contributed by atoms with Crippen LogP contribution in [0.15, 0.2) is 0 Å². The Morgan fingerprint density at radius 3 is 1.63 bits per heavy atom. The molecule has 1 amide bonds. The summed E-state index contributed by atoms with van der Waals surface area (Å²) in [6.07, 6.45) is 20.7. The van der Waals surface area contributed by atoms with Crippen molar-refractivity contribution in [2.75, 3.05) is 13.2 Å². The topological polar surface area (TPSA) is 75.4 Å². The van der Waals surface area contributed by atoms with E-state index in [4.69, 9.17) is 10.8 Å². The molecule has 0 aliphatic heterocycles. The molecule has 1 unspecified atom stereocenters. The lowest BCUT2D eigenvalue weighted by Crippen LogP contribution is -2.39. The number of unbranched alkanes of at least 4 members (excludes halogenated alkanes) is 14. The summed E-state index contributed by atoms with van der Waals surface area (Å²) in [6.45, 7) is 4.75. The van der Waals surface area contributed by atoms with Crippen molar-refractivity contribution < 1.29 is 9.90 Å². The summed E-state index contributed by atoms with van der Waals surface area (Å²) >= 11 is 0. The predicted octanol–water partition coefficient (Wildman–Crippen LogP) is 5.32. The van der Waals surface area contributed by atoms with Crippen molar-refractivity contribution in [3.63, 3.8) is 0 Å². The van der Waals surface area contributed by atoms with Crippen molar-refractivity contribution in [2.24, 2.45) is 11.7 Å². The molecule has 0 spiro atoms. The number of aliphatic hydroxyl groups is 1. The Labute approximate surface area is 169 Å². The lowest BCUT2D eigenvalue weighted by molar-refractivity contribution is -0.121. The van der Waals surface area contributed by atoms with Gasteiger partial charge in [0.25, 0.3) is 0 Å². The molecule has 4 N–H and O–H groups in total. The number of amides is 1. The van der Waals surface area contributed by atoms with Gasteiger partial charge in [0.05, 0.1) is 6.61 Å². The van der Waals surface area contributed by atoms with Gasteiger partial charge in [-0.25, -0.2) is 0 Å². The van der Waals surface area contributed by atoms with Gasteiger partial charge in [0, 0.05) is 19.0 Å². The van der Waals surface area contributed by atoms with Crippen molar-refractivity contribution in [1.82, 2.24) is 5.32 Å². The van der Waals surface area contributed by atoms with Gasteiger partial charge in [0.15, 0.2) is 0 Å². The lowest BCUT2D eigenvalue weighted by atomic mass is 10.0. The number of rotatable bonds is 20. The Hall–Kier alpha value is -0.610. The summed E-state index contributed by atoms with van der Waals surface area (Å²) in [5.74, 6) is 0.224. The summed E-state index contributed by atoms with van der Waals surface area (Å²) in [7, 11) is 0. The maximum atomic E-state index is 11.8. The first-order valence-corrected chi connectivity index (χ1v) is 11.7. The highest BCUT2D eigenvalue weighted by Crippen LogP contribution is 2.13. The minimum absolute atomic E-state index is 0.0317. The van der Waals surface area contributed by atoms with Gasteiger partial charge in [-0.1, -0.05) is 104 Å². The third-order valence-corrected chi connectivity index (χ3v) is 5.57.